The first-order chi connectivity index (χ1) is 37.5. The number of fused-ring (bicyclic) bond motifs is 6. The van der Waals surface area contributed by atoms with Crippen molar-refractivity contribution in [1.82, 2.24) is 24.1 Å². The van der Waals surface area contributed by atoms with E-state index < -0.39 is 0 Å². The zero-order valence-electron chi connectivity index (χ0n) is 40.4. The van der Waals surface area contributed by atoms with Crippen LogP contribution in [0.4, 0.5) is 11.4 Å². The van der Waals surface area contributed by atoms with Crippen LogP contribution in [0.15, 0.2) is 224 Å². The molecule has 0 unspecified atom stereocenters. The molecule has 0 saturated carbocycles. The summed E-state index contributed by atoms with van der Waals surface area (Å²) in [5.74, 6) is 1.54. The van der Waals surface area contributed by atoms with E-state index >= 15 is 0 Å². The lowest BCUT2D eigenvalue weighted by Crippen LogP contribution is -2.04. The SMILES string of the molecule is [C-]#[N+]c1cc(C#N)cc(-c2ccc3c(c2)c2cc(-c4cc(C#N)cc([N+]#[C-])c4)ccc2n3-c2ccc(-c3cccc4c3c3ccccc3n4-c3ccccc3)cc2-c2nc(-c3ccccc3)nc(-c3ccccc3)n2)c1. The number of nitrogens with zero attached hydrogens (tertiary/aromatic N) is 9. The van der Waals surface area contributed by atoms with Crippen LogP contribution >= 0.6 is 0 Å². The Morgan fingerprint density at radius 3 is 1.42 bits per heavy atom. The molecule has 0 bridgehead atoms. The second-order valence-corrected chi connectivity index (χ2v) is 18.4. The molecule has 0 atom stereocenters. The van der Waals surface area contributed by atoms with Crippen LogP contribution in [0.3, 0.4) is 0 Å². The van der Waals surface area contributed by atoms with Crippen LogP contribution in [0.5, 0.6) is 0 Å². The van der Waals surface area contributed by atoms with E-state index in [1.165, 1.54) is 0 Å². The highest BCUT2D eigenvalue weighted by molar-refractivity contribution is 6.16. The van der Waals surface area contributed by atoms with Gasteiger partial charge >= 0.3 is 0 Å². The molecule has 0 aliphatic carbocycles. The average molecular weight is 968 g/mol. The number of para-hydroxylation sites is 2. The molecule has 13 rings (SSSR count). The molecule has 9 nitrogen and oxygen atoms in total. The van der Waals surface area contributed by atoms with E-state index in [1.54, 1.807) is 12.1 Å². The van der Waals surface area contributed by atoms with Gasteiger partial charge in [-0.25, -0.2) is 24.6 Å². The Morgan fingerprint density at radius 2 is 0.855 bits per heavy atom. The maximum Gasteiger partial charge on any atom is 0.189 e. The topological polar surface area (TPSA) is 105 Å². The van der Waals surface area contributed by atoms with Crippen LogP contribution < -0.4 is 0 Å². The van der Waals surface area contributed by atoms with Gasteiger partial charge in [0.2, 0.25) is 0 Å². The summed E-state index contributed by atoms with van der Waals surface area (Å²) in [6, 6.07) is 79.3. The van der Waals surface area contributed by atoms with Crippen LogP contribution in [0.1, 0.15) is 11.1 Å². The van der Waals surface area contributed by atoms with Crippen LogP contribution in [0.25, 0.3) is 132 Å². The van der Waals surface area contributed by atoms with Crippen LogP contribution in [-0.4, -0.2) is 24.1 Å². The fourth-order valence-electron chi connectivity index (χ4n) is 10.6. The third-order valence-corrected chi connectivity index (χ3v) is 14.0. The highest BCUT2D eigenvalue weighted by Gasteiger charge is 2.23. The standard InChI is InChI=1S/C67H37N9/c1-70-51-33-42(40-68)31-49(35-51)46-25-28-60-56(37-46)57-38-47(50-32-43(41-69)34-52(36-50)71-2)26-29-61(57)76(60)62-30-27-48(54-22-14-24-63-64(54)55-21-12-13-23-59(55)75(63)53-19-10-5-11-20-53)39-58(62)67-73-65(44-15-6-3-7-16-44)72-66(74-67)45-17-8-4-9-18-45/h3-39H. The minimum absolute atomic E-state index is 0.374. The number of hydrogen-bond donors (Lipinski definition) is 0. The monoisotopic (exact) mass is 967 g/mol. The molecule has 10 aromatic carbocycles. The van der Waals surface area contributed by atoms with Gasteiger partial charge in [0.25, 0.3) is 0 Å². The Labute approximate surface area is 437 Å². The lowest BCUT2D eigenvalue weighted by Gasteiger charge is -2.17. The van der Waals surface area contributed by atoms with E-state index in [1.807, 2.05) is 103 Å². The van der Waals surface area contributed by atoms with Crippen molar-refractivity contribution in [3.63, 3.8) is 0 Å². The molecule has 0 aliphatic heterocycles. The second kappa shape index (κ2) is 18.4. The van der Waals surface area contributed by atoms with E-state index in [-0.39, 0.29) is 0 Å². The number of nitriles is 2. The molecular weight excluding hydrogens is 931 g/mol. The molecule has 0 fully saturated rings. The molecular formula is C67H37N9. The van der Waals surface area contributed by atoms with E-state index in [9.17, 15) is 10.5 Å². The van der Waals surface area contributed by atoms with Crippen molar-refractivity contribution in [2.45, 2.75) is 0 Å². The first kappa shape index (κ1) is 44.7. The highest BCUT2D eigenvalue weighted by atomic mass is 15.1. The molecule has 0 amide bonds. The van der Waals surface area contributed by atoms with Gasteiger partial charge in [-0.2, -0.15) is 10.5 Å². The summed E-state index contributed by atoms with van der Waals surface area (Å²) < 4.78 is 4.58. The molecule has 3 heterocycles. The number of hydrogen-bond acceptors (Lipinski definition) is 5. The fourth-order valence-corrected chi connectivity index (χ4v) is 10.6. The maximum atomic E-state index is 10.00. The van der Waals surface area contributed by atoms with Gasteiger partial charge in [-0.1, -0.05) is 127 Å². The van der Waals surface area contributed by atoms with Crippen LogP contribution in [0.2, 0.25) is 0 Å². The summed E-state index contributed by atoms with van der Waals surface area (Å²) in [4.78, 5) is 23.2. The van der Waals surface area contributed by atoms with E-state index in [4.69, 9.17) is 28.1 Å². The quantitative estimate of drug-likeness (QED) is 0.141. The van der Waals surface area contributed by atoms with Gasteiger partial charge in [0.05, 0.1) is 53.0 Å². The van der Waals surface area contributed by atoms with E-state index in [0.29, 0.717) is 40.0 Å². The van der Waals surface area contributed by atoms with Crippen molar-refractivity contribution in [2.75, 3.05) is 0 Å². The highest BCUT2D eigenvalue weighted by Crippen LogP contribution is 2.44. The molecule has 76 heavy (non-hydrogen) atoms. The molecule has 0 N–H and O–H groups in total. The Hall–Kier alpha value is -11.2. The molecule has 13 aromatic rings. The second-order valence-electron chi connectivity index (χ2n) is 18.4. The van der Waals surface area contributed by atoms with E-state index in [0.717, 1.165) is 105 Å². The molecule has 9 heteroatoms. The average Bonchev–Trinajstić information content (AvgIpc) is 4.03. The molecule has 0 aliphatic rings. The third kappa shape index (κ3) is 7.66. The summed E-state index contributed by atoms with van der Waals surface area (Å²) in [7, 11) is 0. The van der Waals surface area contributed by atoms with Crippen LogP contribution in [0, 0.1) is 35.8 Å². The van der Waals surface area contributed by atoms with E-state index in [2.05, 4.69) is 140 Å². The predicted molar refractivity (Wildman–Crippen MR) is 303 cm³/mol. The van der Waals surface area contributed by atoms with Crippen molar-refractivity contribution >= 4 is 55.0 Å². The Bertz CT molecular complexity index is 4420. The van der Waals surface area contributed by atoms with Gasteiger partial charge in [0.15, 0.2) is 28.8 Å². The molecule has 0 radical (unpaired) electrons. The van der Waals surface area contributed by atoms with Gasteiger partial charge in [-0.15, -0.1) is 0 Å². The first-order valence-corrected chi connectivity index (χ1v) is 24.5. The first-order valence-electron chi connectivity index (χ1n) is 24.5. The van der Waals surface area contributed by atoms with Crippen molar-refractivity contribution in [2.24, 2.45) is 0 Å². The zero-order valence-corrected chi connectivity index (χ0v) is 40.4. The summed E-state index contributed by atoms with van der Waals surface area (Å²) in [6.45, 7) is 15.7. The van der Waals surface area contributed by atoms with Gasteiger partial charge in [-0.3, -0.25) is 0 Å². The minimum atomic E-state index is 0.374. The number of aromatic nitrogens is 5. The van der Waals surface area contributed by atoms with Crippen molar-refractivity contribution < 1.29 is 0 Å². The summed E-state index contributed by atoms with van der Waals surface area (Å²) in [6.07, 6.45) is 0. The molecule has 3 aromatic heterocycles. The Balaban J connectivity index is 1.12. The van der Waals surface area contributed by atoms with Gasteiger partial charge in [0.1, 0.15) is 0 Å². The van der Waals surface area contributed by atoms with Gasteiger partial charge in [0, 0.05) is 55.0 Å². The molecule has 0 saturated heterocycles. The van der Waals surface area contributed by atoms with Gasteiger partial charge < -0.3 is 9.13 Å². The number of rotatable bonds is 8. The zero-order chi connectivity index (χ0) is 51.3. The smallest absolute Gasteiger partial charge is 0.189 e. The predicted octanol–water partition coefficient (Wildman–Crippen LogP) is 16.9. The fraction of sp³-hybridized carbons (Fsp3) is 0. The normalized spacial score (nSPS) is 11.1. The van der Waals surface area contributed by atoms with Crippen molar-refractivity contribution in [1.29, 1.82) is 10.5 Å². The van der Waals surface area contributed by atoms with Gasteiger partial charge in [-0.05, 0) is 130 Å². The lowest BCUT2D eigenvalue weighted by molar-refractivity contribution is 1.06. The third-order valence-electron chi connectivity index (χ3n) is 14.0. The molecule has 0 spiro atoms. The lowest BCUT2D eigenvalue weighted by atomic mass is 9.96. The summed E-state index contributed by atoms with van der Waals surface area (Å²) in [5, 5.41) is 24.0. The summed E-state index contributed by atoms with van der Waals surface area (Å²) in [5.41, 5.74) is 15.0. The largest absolute Gasteiger partial charge is 0.309 e. The maximum absolute atomic E-state index is 10.00. The van der Waals surface area contributed by atoms with Crippen LogP contribution in [-0.2, 0) is 0 Å². The Kier molecular flexibility index (Phi) is 10.8. The minimum Gasteiger partial charge on any atom is -0.309 e. The summed E-state index contributed by atoms with van der Waals surface area (Å²) >= 11 is 0. The molecule has 350 valence electrons. The number of benzene rings is 10. The van der Waals surface area contributed by atoms with Crippen molar-refractivity contribution in [3.05, 3.63) is 258 Å². The Morgan fingerprint density at radius 1 is 0.355 bits per heavy atom. The van der Waals surface area contributed by atoms with Crippen molar-refractivity contribution in [3.8, 4) is 91.1 Å².